The fourth-order valence-electron chi connectivity index (χ4n) is 2.53. The number of carboxylic acids is 1. The third kappa shape index (κ3) is 2.11. The first-order valence-electron chi connectivity index (χ1n) is 5.70. The SMILES string of the molecule is COCC1(OC)CCc2c(sc(N)c2C(=O)O)C1. The van der Waals surface area contributed by atoms with Crippen LogP contribution >= 0.6 is 11.3 Å². The molecule has 0 aromatic carbocycles. The number of hydrogen-bond acceptors (Lipinski definition) is 5. The number of nitrogen functional groups attached to an aromatic ring is 1. The van der Waals surface area contributed by atoms with Crippen molar-refractivity contribution >= 4 is 22.3 Å². The lowest BCUT2D eigenvalue weighted by atomic mass is 9.83. The second-order valence-corrected chi connectivity index (χ2v) is 5.68. The first-order valence-corrected chi connectivity index (χ1v) is 6.52. The Morgan fingerprint density at radius 1 is 1.56 bits per heavy atom. The van der Waals surface area contributed by atoms with E-state index in [9.17, 15) is 9.90 Å². The largest absolute Gasteiger partial charge is 0.478 e. The van der Waals surface area contributed by atoms with E-state index in [0.717, 1.165) is 16.9 Å². The van der Waals surface area contributed by atoms with Gasteiger partial charge < -0.3 is 20.3 Å². The van der Waals surface area contributed by atoms with Crippen LogP contribution in [-0.4, -0.2) is 37.5 Å². The van der Waals surface area contributed by atoms with E-state index in [1.807, 2.05) is 0 Å². The average Bonchev–Trinajstić information content (AvgIpc) is 2.64. The van der Waals surface area contributed by atoms with Gasteiger partial charge in [0.1, 0.15) is 5.00 Å². The Bertz CT molecular complexity index is 471. The lowest BCUT2D eigenvalue weighted by Gasteiger charge is -2.35. The number of fused-ring (bicyclic) bond motifs is 1. The summed E-state index contributed by atoms with van der Waals surface area (Å²) in [6.45, 7) is 0.503. The molecule has 1 unspecified atom stereocenters. The molecule has 1 heterocycles. The van der Waals surface area contributed by atoms with Gasteiger partial charge in [0.15, 0.2) is 0 Å². The highest BCUT2D eigenvalue weighted by atomic mass is 32.1. The van der Waals surface area contributed by atoms with E-state index >= 15 is 0 Å². The summed E-state index contributed by atoms with van der Waals surface area (Å²) in [5, 5.41) is 9.56. The van der Waals surface area contributed by atoms with Crippen molar-refractivity contribution in [2.45, 2.75) is 24.9 Å². The molecule has 0 aliphatic heterocycles. The van der Waals surface area contributed by atoms with Crippen LogP contribution in [-0.2, 0) is 22.3 Å². The number of carbonyl (C=O) groups is 1. The number of anilines is 1. The van der Waals surface area contributed by atoms with Crippen molar-refractivity contribution in [2.24, 2.45) is 0 Å². The molecule has 6 heteroatoms. The van der Waals surface area contributed by atoms with Crippen molar-refractivity contribution in [3.05, 3.63) is 16.0 Å². The van der Waals surface area contributed by atoms with Crippen LogP contribution in [0.2, 0.25) is 0 Å². The molecule has 3 N–H and O–H groups in total. The van der Waals surface area contributed by atoms with E-state index in [1.165, 1.54) is 11.3 Å². The van der Waals surface area contributed by atoms with Crippen LogP contribution in [0.1, 0.15) is 27.2 Å². The fraction of sp³-hybridized carbons (Fsp3) is 0.583. The van der Waals surface area contributed by atoms with Crippen molar-refractivity contribution in [3.63, 3.8) is 0 Å². The Balaban J connectivity index is 2.36. The number of nitrogens with two attached hydrogens (primary N) is 1. The van der Waals surface area contributed by atoms with Gasteiger partial charge in [-0.25, -0.2) is 4.79 Å². The molecule has 0 radical (unpaired) electrons. The average molecular weight is 271 g/mol. The van der Waals surface area contributed by atoms with Gasteiger partial charge in [0.05, 0.1) is 17.8 Å². The zero-order chi connectivity index (χ0) is 13.3. The van der Waals surface area contributed by atoms with Crippen molar-refractivity contribution in [3.8, 4) is 0 Å². The highest BCUT2D eigenvalue weighted by molar-refractivity contribution is 7.16. The molecule has 5 nitrogen and oxygen atoms in total. The number of hydrogen-bond donors (Lipinski definition) is 2. The van der Waals surface area contributed by atoms with Gasteiger partial charge in [0.2, 0.25) is 0 Å². The number of thiophene rings is 1. The van der Waals surface area contributed by atoms with Crippen molar-refractivity contribution in [2.75, 3.05) is 26.6 Å². The monoisotopic (exact) mass is 271 g/mol. The topological polar surface area (TPSA) is 81.8 Å². The maximum absolute atomic E-state index is 11.2. The van der Waals surface area contributed by atoms with Gasteiger partial charge in [-0.05, 0) is 18.4 Å². The van der Waals surface area contributed by atoms with Gasteiger partial charge >= 0.3 is 5.97 Å². The molecule has 0 fully saturated rings. The molecule has 1 atom stereocenters. The van der Waals surface area contributed by atoms with Gasteiger partial charge in [0.25, 0.3) is 0 Å². The first kappa shape index (κ1) is 13.3. The normalized spacial score (nSPS) is 22.8. The van der Waals surface area contributed by atoms with Crippen LogP contribution in [0.15, 0.2) is 0 Å². The van der Waals surface area contributed by atoms with E-state index in [4.69, 9.17) is 15.2 Å². The second kappa shape index (κ2) is 4.87. The Hall–Kier alpha value is -1.11. The Morgan fingerprint density at radius 2 is 2.28 bits per heavy atom. The fourth-order valence-corrected chi connectivity index (χ4v) is 3.77. The Labute approximate surface area is 110 Å². The molecular formula is C12H17NO4S. The zero-order valence-electron chi connectivity index (χ0n) is 10.5. The maximum Gasteiger partial charge on any atom is 0.338 e. The minimum absolute atomic E-state index is 0.275. The Morgan fingerprint density at radius 3 is 2.83 bits per heavy atom. The number of ether oxygens (including phenoxy) is 2. The molecular weight excluding hydrogens is 254 g/mol. The van der Waals surface area contributed by atoms with Crippen LogP contribution in [0.4, 0.5) is 5.00 Å². The molecule has 0 saturated heterocycles. The molecule has 0 amide bonds. The van der Waals surface area contributed by atoms with E-state index in [0.29, 0.717) is 24.4 Å². The van der Waals surface area contributed by atoms with Crippen molar-refractivity contribution in [1.82, 2.24) is 0 Å². The van der Waals surface area contributed by atoms with Crippen molar-refractivity contribution in [1.29, 1.82) is 0 Å². The third-order valence-electron chi connectivity index (χ3n) is 3.49. The van der Waals surface area contributed by atoms with Gasteiger partial charge in [-0.1, -0.05) is 0 Å². The van der Waals surface area contributed by atoms with Crippen LogP contribution in [0, 0.1) is 0 Å². The summed E-state index contributed by atoms with van der Waals surface area (Å²) in [5.41, 5.74) is 6.58. The van der Waals surface area contributed by atoms with Gasteiger partial charge in [0, 0.05) is 25.5 Å². The number of rotatable bonds is 4. The van der Waals surface area contributed by atoms with E-state index in [1.54, 1.807) is 14.2 Å². The van der Waals surface area contributed by atoms with Crippen LogP contribution in [0.3, 0.4) is 0 Å². The van der Waals surface area contributed by atoms with E-state index in [-0.39, 0.29) is 11.2 Å². The minimum atomic E-state index is -0.943. The summed E-state index contributed by atoms with van der Waals surface area (Å²) in [7, 11) is 3.31. The summed E-state index contributed by atoms with van der Waals surface area (Å²) in [4.78, 5) is 12.2. The summed E-state index contributed by atoms with van der Waals surface area (Å²) >= 11 is 1.35. The zero-order valence-corrected chi connectivity index (χ0v) is 11.3. The molecule has 1 aromatic heterocycles. The quantitative estimate of drug-likeness (QED) is 0.868. The molecule has 0 bridgehead atoms. The van der Waals surface area contributed by atoms with E-state index in [2.05, 4.69) is 0 Å². The van der Waals surface area contributed by atoms with Crippen LogP contribution in [0.5, 0.6) is 0 Å². The molecule has 18 heavy (non-hydrogen) atoms. The number of aromatic carboxylic acids is 1. The molecule has 0 saturated carbocycles. The predicted molar refractivity (Wildman–Crippen MR) is 69.3 cm³/mol. The lowest BCUT2D eigenvalue weighted by Crippen LogP contribution is -2.42. The lowest BCUT2D eigenvalue weighted by molar-refractivity contribution is -0.0716. The molecule has 1 aliphatic carbocycles. The minimum Gasteiger partial charge on any atom is -0.478 e. The van der Waals surface area contributed by atoms with Crippen molar-refractivity contribution < 1.29 is 19.4 Å². The molecule has 1 aromatic rings. The van der Waals surface area contributed by atoms with Gasteiger partial charge in [-0.3, -0.25) is 0 Å². The van der Waals surface area contributed by atoms with Gasteiger partial charge in [-0.15, -0.1) is 11.3 Å². The molecule has 100 valence electrons. The maximum atomic E-state index is 11.2. The molecule has 1 aliphatic rings. The third-order valence-corrected chi connectivity index (χ3v) is 4.55. The first-order chi connectivity index (χ1) is 8.53. The Kier molecular flexibility index (Phi) is 3.61. The van der Waals surface area contributed by atoms with Gasteiger partial charge in [-0.2, -0.15) is 0 Å². The van der Waals surface area contributed by atoms with Crippen LogP contribution in [0.25, 0.3) is 0 Å². The highest BCUT2D eigenvalue weighted by Gasteiger charge is 2.38. The number of methoxy groups -OCH3 is 2. The molecule has 2 rings (SSSR count). The smallest absolute Gasteiger partial charge is 0.338 e. The van der Waals surface area contributed by atoms with E-state index < -0.39 is 5.97 Å². The predicted octanol–water partition coefficient (Wildman–Crippen LogP) is 1.55. The second-order valence-electron chi connectivity index (χ2n) is 4.55. The van der Waals surface area contributed by atoms with Crippen LogP contribution < -0.4 is 5.73 Å². The standard InChI is InChI=1S/C12H17NO4S/c1-16-6-12(17-2)4-3-7-8(5-12)18-10(13)9(7)11(14)15/h3-6,13H2,1-2H3,(H,14,15). The summed E-state index contributed by atoms with van der Waals surface area (Å²) in [6, 6.07) is 0. The highest BCUT2D eigenvalue weighted by Crippen LogP contribution is 2.40. The summed E-state index contributed by atoms with van der Waals surface area (Å²) in [5.74, 6) is -0.943. The summed E-state index contributed by atoms with van der Waals surface area (Å²) < 4.78 is 10.8. The summed E-state index contributed by atoms with van der Waals surface area (Å²) in [6.07, 6.45) is 2.08. The molecule has 0 spiro atoms. The number of carboxylic acid groups (broad SMARTS) is 1.